The molecular weight excluding hydrogens is 432 g/mol. The molecule has 5 aromatic rings. The van der Waals surface area contributed by atoms with Gasteiger partial charge in [0.15, 0.2) is 11.0 Å². The van der Waals surface area contributed by atoms with Gasteiger partial charge in [0, 0.05) is 6.07 Å². The molecule has 0 atom stereocenters. The summed E-state index contributed by atoms with van der Waals surface area (Å²) in [6.45, 7) is 0. The van der Waals surface area contributed by atoms with Crippen molar-refractivity contribution in [3.8, 4) is 11.4 Å². The topological polar surface area (TPSA) is 117 Å². The van der Waals surface area contributed by atoms with Gasteiger partial charge in [-0.1, -0.05) is 29.1 Å². The number of thioether (sulfide) groups is 1. The zero-order valence-corrected chi connectivity index (χ0v) is 17.6. The van der Waals surface area contributed by atoms with E-state index in [0.29, 0.717) is 39.1 Å². The van der Waals surface area contributed by atoms with Crippen molar-refractivity contribution in [2.24, 2.45) is 0 Å². The standard InChI is InChI=1S/C21H16N6O4S/c1-30-14-8-6-13(7-9-14)26-19(29)15-4-2-3-5-16(15)27-20(26)23-24-21(27)32-12-18(28)22-17-10-11-31-25-17/h2-11H,12H2,1H3,(H,22,25,28). The molecule has 3 aromatic heterocycles. The number of aromatic nitrogens is 5. The fraction of sp³-hybridized carbons (Fsp3) is 0.0952. The fourth-order valence-electron chi connectivity index (χ4n) is 3.32. The summed E-state index contributed by atoms with van der Waals surface area (Å²) >= 11 is 1.20. The zero-order chi connectivity index (χ0) is 22.1. The summed E-state index contributed by atoms with van der Waals surface area (Å²) in [7, 11) is 1.58. The van der Waals surface area contributed by atoms with E-state index in [1.54, 1.807) is 54.0 Å². The van der Waals surface area contributed by atoms with Crippen molar-refractivity contribution < 1.29 is 14.1 Å². The number of carbonyl (C=O) groups is 1. The highest BCUT2D eigenvalue weighted by atomic mass is 32.2. The Morgan fingerprint density at radius 2 is 1.94 bits per heavy atom. The first-order valence-electron chi connectivity index (χ1n) is 9.52. The van der Waals surface area contributed by atoms with Crippen molar-refractivity contribution in [1.29, 1.82) is 0 Å². The van der Waals surface area contributed by atoms with Crippen LogP contribution in [-0.4, -0.2) is 43.1 Å². The van der Waals surface area contributed by atoms with Crippen LogP contribution >= 0.6 is 11.8 Å². The largest absolute Gasteiger partial charge is 0.497 e. The van der Waals surface area contributed by atoms with Crippen molar-refractivity contribution in [2.45, 2.75) is 5.16 Å². The maximum Gasteiger partial charge on any atom is 0.267 e. The molecule has 10 nitrogen and oxygen atoms in total. The van der Waals surface area contributed by atoms with Crippen LogP contribution in [0.3, 0.4) is 0 Å². The maximum atomic E-state index is 13.3. The second kappa shape index (κ2) is 8.19. The van der Waals surface area contributed by atoms with Gasteiger partial charge in [-0.05, 0) is 36.4 Å². The monoisotopic (exact) mass is 448 g/mol. The summed E-state index contributed by atoms with van der Waals surface area (Å²) in [5, 5.41) is 15.8. The number of ether oxygens (including phenoxy) is 1. The fourth-order valence-corrected chi connectivity index (χ4v) is 4.06. The highest BCUT2D eigenvalue weighted by Crippen LogP contribution is 2.24. The number of fused-ring (bicyclic) bond motifs is 3. The van der Waals surface area contributed by atoms with Crippen LogP contribution in [0.2, 0.25) is 0 Å². The van der Waals surface area contributed by atoms with Gasteiger partial charge in [0.25, 0.3) is 5.56 Å². The molecule has 11 heteroatoms. The molecule has 0 bridgehead atoms. The average molecular weight is 448 g/mol. The van der Waals surface area contributed by atoms with E-state index in [-0.39, 0.29) is 17.2 Å². The molecule has 2 aromatic carbocycles. The van der Waals surface area contributed by atoms with Gasteiger partial charge in [0.1, 0.15) is 12.0 Å². The second-order valence-corrected chi connectivity index (χ2v) is 7.64. The first kappa shape index (κ1) is 19.8. The third-order valence-corrected chi connectivity index (χ3v) is 5.69. The summed E-state index contributed by atoms with van der Waals surface area (Å²) in [6.07, 6.45) is 1.37. The van der Waals surface area contributed by atoms with Gasteiger partial charge in [-0.2, -0.15) is 0 Å². The summed E-state index contributed by atoms with van der Waals surface area (Å²) in [5.41, 5.74) is 1.06. The number of hydrogen-bond donors (Lipinski definition) is 1. The van der Waals surface area contributed by atoms with Crippen LogP contribution in [0, 0.1) is 0 Å². The Morgan fingerprint density at radius 1 is 1.12 bits per heavy atom. The summed E-state index contributed by atoms with van der Waals surface area (Å²) in [4.78, 5) is 25.6. The quantitative estimate of drug-likeness (QED) is 0.394. The Hall–Kier alpha value is -4.12. The molecule has 160 valence electrons. The molecular formula is C21H16N6O4S. The predicted octanol–water partition coefficient (Wildman–Crippen LogP) is 2.76. The SMILES string of the molecule is COc1ccc(-n2c(=O)c3ccccc3n3c(SCC(=O)Nc4ccon4)nnc23)cc1. The molecule has 0 unspecified atom stereocenters. The maximum absolute atomic E-state index is 13.3. The van der Waals surface area contributed by atoms with Gasteiger partial charge in [-0.15, -0.1) is 10.2 Å². The van der Waals surface area contributed by atoms with Crippen molar-refractivity contribution in [2.75, 3.05) is 18.2 Å². The minimum absolute atomic E-state index is 0.0731. The first-order chi connectivity index (χ1) is 15.7. The lowest BCUT2D eigenvalue weighted by molar-refractivity contribution is -0.113. The number of amides is 1. The molecule has 3 heterocycles. The number of benzene rings is 2. The number of nitrogens with one attached hydrogen (secondary N) is 1. The highest BCUT2D eigenvalue weighted by molar-refractivity contribution is 7.99. The minimum atomic E-state index is -0.270. The van der Waals surface area contributed by atoms with Gasteiger partial charge in [-0.25, -0.2) is 4.57 Å². The predicted molar refractivity (Wildman–Crippen MR) is 118 cm³/mol. The number of hydrogen-bond acceptors (Lipinski definition) is 8. The smallest absolute Gasteiger partial charge is 0.267 e. The van der Waals surface area contributed by atoms with E-state index in [0.717, 1.165) is 0 Å². The molecule has 32 heavy (non-hydrogen) atoms. The molecule has 0 fully saturated rings. The van der Waals surface area contributed by atoms with E-state index in [4.69, 9.17) is 9.26 Å². The minimum Gasteiger partial charge on any atom is -0.497 e. The van der Waals surface area contributed by atoms with Crippen LogP contribution in [0.4, 0.5) is 5.82 Å². The highest BCUT2D eigenvalue weighted by Gasteiger charge is 2.19. The Labute approximate surface area is 184 Å². The second-order valence-electron chi connectivity index (χ2n) is 6.70. The van der Waals surface area contributed by atoms with E-state index in [9.17, 15) is 9.59 Å². The van der Waals surface area contributed by atoms with Crippen molar-refractivity contribution in [3.63, 3.8) is 0 Å². The Bertz CT molecular complexity index is 1470. The number of para-hydroxylation sites is 1. The molecule has 0 radical (unpaired) electrons. The number of nitrogens with zero attached hydrogens (tertiary/aromatic N) is 5. The normalized spacial score (nSPS) is 11.2. The Kier molecular flexibility index (Phi) is 5.07. The third-order valence-electron chi connectivity index (χ3n) is 4.76. The van der Waals surface area contributed by atoms with E-state index in [2.05, 4.69) is 20.7 Å². The van der Waals surface area contributed by atoms with Gasteiger partial charge >= 0.3 is 0 Å². The van der Waals surface area contributed by atoms with Crippen LogP contribution < -0.4 is 15.6 Å². The van der Waals surface area contributed by atoms with E-state index >= 15 is 0 Å². The molecule has 0 spiro atoms. The van der Waals surface area contributed by atoms with E-state index < -0.39 is 0 Å². The number of carbonyl (C=O) groups excluding carboxylic acids is 1. The first-order valence-corrected chi connectivity index (χ1v) is 10.5. The van der Waals surface area contributed by atoms with Crippen LogP contribution in [0.1, 0.15) is 0 Å². The summed E-state index contributed by atoms with van der Waals surface area (Å²) in [5.74, 6) is 1.16. The molecule has 1 N–H and O–H groups in total. The van der Waals surface area contributed by atoms with Crippen molar-refractivity contribution in [1.82, 2.24) is 24.3 Å². The van der Waals surface area contributed by atoms with Crippen molar-refractivity contribution >= 4 is 40.2 Å². The lowest BCUT2D eigenvalue weighted by Crippen LogP contribution is -2.22. The van der Waals surface area contributed by atoms with Crippen LogP contribution in [-0.2, 0) is 4.79 Å². The molecule has 1 amide bonds. The molecule has 0 aliphatic heterocycles. The van der Waals surface area contributed by atoms with Crippen LogP contribution in [0.25, 0.3) is 22.4 Å². The Morgan fingerprint density at radius 3 is 2.69 bits per heavy atom. The average Bonchev–Trinajstić information content (AvgIpc) is 3.48. The summed E-state index contributed by atoms with van der Waals surface area (Å²) < 4.78 is 13.2. The van der Waals surface area contributed by atoms with Crippen LogP contribution in [0.15, 0.2) is 75.3 Å². The lowest BCUT2D eigenvalue weighted by Gasteiger charge is -2.11. The molecule has 0 aliphatic carbocycles. The molecule has 0 saturated carbocycles. The van der Waals surface area contributed by atoms with Crippen LogP contribution in [0.5, 0.6) is 5.75 Å². The van der Waals surface area contributed by atoms with Crippen molar-refractivity contribution in [3.05, 3.63) is 71.2 Å². The molecule has 5 rings (SSSR count). The van der Waals surface area contributed by atoms with Gasteiger partial charge in [-0.3, -0.25) is 14.0 Å². The number of rotatable bonds is 6. The number of methoxy groups -OCH3 is 1. The Balaban J connectivity index is 1.59. The van der Waals surface area contributed by atoms with Gasteiger partial charge < -0.3 is 14.6 Å². The zero-order valence-electron chi connectivity index (χ0n) is 16.8. The van der Waals surface area contributed by atoms with E-state index in [1.165, 1.54) is 22.6 Å². The molecule has 0 saturated heterocycles. The lowest BCUT2D eigenvalue weighted by atomic mass is 10.2. The van der Waals surface area contributed by atoms with E-state index in [1.807, 2.05) is 12.1 Å². The molecule has 0 aliphatic rings. The van der Waals surface area contributed by atoms with Gasteiger partial charge in [0.05, 0.1) is 29.5 Å². The third kappa shape index (κ3) is 3.48. The van der Waals surface area contributed by atoms with Gasteiger partial charge in [0.2, 0.25) is 11.7 Å². The summed E-state index contributed by atoms with van der Waals surface area (Å²) in [6, 6.07) is 15.9. The number of anilines is 1.